The van der Waals surface area contributed by atoms with E-state index >= 15 is 0 Å². The van der Waals surface area contributed by atoms with Crippen LogP contribution < -0.4 is 0 Å². The van der Waals surface area contributed by atoms with E-state index in [4.69, 9.17) is 0 Å². The van der Waals surface area contributed by atoms with Gasteiger partial charge in [-0.1, -0.05) is 63.7 Å². The Bertz CT molecular complexity index is 200. The molecule has 0 heterocycles. The van der Waals surface area contributed by atoms with Crippen LogP contribution in [0.3, 0.4) is 0 Å². The van der Waals surface area contributed by atoms with E-state index in [1.807, 2.05) is 0 Å². The monoisotopic (exact) mass is 452 g/mol. The fourth-order valence-corrected chi connectivity index (χ4v) is 3.85. The minimum absolute atomic E-state index is 0.239. The minimum Gasteiger partial charge on any atom is -0.0913 e. The van der Waals surface area contributed by atoms with Gasteiger partial charge in [-0.25, -0.2) is 0 Å². The van der Waals surface area contributed by atoms with Crippen LogP contribution in [0.4, 0.5) is 0 Å². The molecule has 1 fully saturated rings. The maximum absolute atomic E-state index is 3.82. The lowest BCUT2D eigenvalue weighted by molar-refractivity contribution is 0.292. The highest BCUT2D eigenvalue weighted by Crippen LogP contribution is 2.47. The van der Waals surface area contributed by atoms with Gasteiger partial charge in [0, 0.05) is 18.8 Å². The maximum Gasteiger partial charge on any atom is 0.0355 e. The molecule has 4 heteroatoms. The van der Waals surface area contributed by atoms with Gasteiger partial charge in [-0.15, -0.1) is 0 Å². The van der Waals surface area contributed by atoms with Crippen LogP contribution in [0.25, 0.3) is 0 Å². The molecule has 0 aromatic carbocycles. The average molecular weight is 456 g/mol. The molecule has 0 nitrogen and oxygen atoms in total. The zero-order valence-electron chi connectivity index (χ0n) is 8.49. The summed E-state index contributed by atoms with van der Waals surface area (Å²) in [6.07, 6.45) is 3.76. The molecule has 0 radical (unpaired) electrons. The molecule has 0 amide bonds. The molecule has 1 aliphatic rings. The van der Waals surface area contributed by atoms with E-state index in [0.717, 1.165) is 11.2 Å². The quantitative estimate of drug-likeness (QED) is 0.499. The van der Waals surface area contributed by atoms with Crippen LogP contribution in [-0.2, 0) is 0 Å². The molecule has 14 heavy (non-hydrogen) atoms. The Hall–Kier alpha value is 1.92. The third-order valence-electron chi connectivity index (χ3n) is 3.24. The van der Waals surface area contributed by atoms with Crippen molar-refractivity contribution in [1.29, 1.82) is 0 Å². The molecule has 1 saturated carbocycles. The Morgan fingerprint density at radius 1 is 1.50 bits per heavy atom. The molecule has 0 spiro atoms. The maximum atomic E-state index is 3.82. The lowest BCUT2D eigenvalue weighted by atomic mass is 9.77. The van der Waals surface area contributed by atoms with Crippen molar-refractivity contribution in [3.05, 3.63) is 0 Å². The fraction of sp³-hybridized carbons (Fsp3) is 1.00. The molecule has 84 valence electrons. The van der Waals surface area contributed by atoms with E-state index in [9.17, 15) is 0 Å². The first-order valence-corrected chi connectivity index (χ1v) is 8.50. The first kappa shape index (κ1) is 14.0. The van der Waals surface area contributed by atoms with Gasteiger partial charge in [0.25, 0.3) is 0 Å². The summed E-state index contributed by atoms with van der Waals surface area (Å²) in [5.74, 6) is 0.747. The van der Waals surface area contributed by atoms with Crippen molar-refractivity contribution < 1.29 is 0 Å². The van der Waals surface area contributed by atoms with Gasteiger partial charge in [0.05, 0.1) is 0 Å². The summed E-state index contributed by atoms with van der Waals surface area (Å²) in [4.78, 5) is 0.574. The molecular formula is C10H16Br4. The van der Waals surface area contributed by atoms with Crippen molar-refractivity contribution in [3.63, 3.8) is 0 Å². The summed E-state index contributed by atoms with van der Waals surface area (Å²) in [6.45, 7) is 4.56. The molecule has 0 aromatic rings. The van der Waals surface area contributed by atoms with Gasteiger partial charge in [0.2, 0.25) is 0 Å². The normalized spacial score (nSPS) is 43.3. The van der Waals surface area contributed by atoms with Gasteiger partial charge in [-0.3, -0.25) is 0 Å². The number of hydrogen-bond acceptors (Lipinski definition) is 0. The van der Waals surface area contributed by atoms with Crippen LogP contribution in [0.15, 0.2) is 0 Å². The van der Waals surface area contributed by atoms with Gasteiger partial charge >= 0.3 is 0 Å². The third-order valence-corrected chi connectivity index (χ3v) is 9.03. The summed E-state index contributed by atoms with van der Waals surface area (Å²) in [5.41, 5.74) is 0. The van der Waals surface area contributed by atoms with Crippen molar-refractivity contribution in [2.24, 2.45) is 5.92 Å². The molecule has 1 rings (SSSR count). The Kier molecular flexibility index (Phi) is 5.05. The van der Waals surface area contributed by atoms with Crippen LogP contribution in [0.5, 0.6) is 0 Å². The predicted octanol–water partition coefficient (Wildman–Crippen LogP) is 5.25. The fourth-order valence-electron chi connectivity index (χ4n) is 1.88. The standard InChI is InChI=1S/C10H16Br4/c1-9(13)4-3-7(5-8(9)12)10(2,14)6-11/h7-8H,3-6H2,1-2H3/t7-,8+,9+,10+/m1/s1. The summed E-state index contributed by atoms with van der Waals surface area (Å²) >= 11 is 15.0. The zero-order chi connectivity index (χ0) is 11.0. The minimum atomic E-state index is 0.239. The van der Waals surface area contributed by atoms with E-state index < -0.39 is 0 Å². The predicted molar refractivity (Wildman–Crippen MR) is 78.5 cm³/mol. The first-order chi connectivity index (χ1) is 6.29. The van der Waals surface area contributed by atoms with Crippen LogP contribution in [0, 0.1) is 5.92 Å². The van der Waals surface area contributed by atoms with Crippen molar-refractivity contribution >= 4 is 63.7 Å². The van der Waals surface area contributed by atoms with Crippen molar-refractivity contribution in [1.82, 2.24) is 0 Å². The third kappa shape index (κ3) is 3.21. The van der Waals surface area contributed by atoms with Crippen molar-refractivity contribution in [3.8, 4) is 0 Å². The lowest BCUT2D eigenvalue weighted by Crippen LogP contribution is -2.42. The van der Waals surface area contributed by atoms with Crippen molar-refractivity contribution in [2.45, 2.75) is 46.6 Å². The van der Waals surface area contributed by atoms with Gasteiger partial charge in [0.1, 0.15) is 0 Å². The highest BCUT2D eigenvalue weighted by atomic mass is 79.9. The van der Waals surface area contributed by atoms with Gasteiger partial charge < -0.3 is 0 Å². The molecular weight excluding hydrogens is 440 g/mol. The number of halogens is 4. The van der Waals surface area contributed by atoms with Gasteiger partial charge in [0.15, 0.2) is 0 Å². The number of hydrogen-bond donors (Lipinski definition) is 0. The molecule has 0 bridgehead atoms. The van der Waals surface area contributed by atoms with E-state index in [2.05, 4.69) is 77.6 Å². The van der Waals surface area contributed by atoms with E-state index in [-0.39, 0.29) is 8.65 Å². The van der Waals surface area contributed by atoms with Crippen LogP contribution in [-0.4, -0.2) is 18.8 Å². The largest absolute Gasteiger partial charge is 0.0913 e. The first-order valence-electron chi connectivity index (χ1n) is 4.87. The Balaban J connectivity index is 2.63. The van der Waals surface area contributed by atoms with E-state index in [1.54, 1.807) is 0 Å². The van der Waals surface area contributed by atoms with Gasteiger partial charge in [-0.05, 0) is 39.0 Å². The zero-order valence-corrected chi connectivity index (χ0v) is 14.8. The molecule has 0 unspecified atom stereocenters. The second-order valence-corrected chi connectivity index (χ2v) is 9.92. The molecule has 4 atom stereocenters. The molecule has 0 aromatic heterocycles. The summed E-state index contributed by atoms with van der Waals surface area (Å²) in [7, 11) is 0. The molecule has 0 saturated heterocycles. The second-order valence-electron chi connectivity index (χ2n) is 4.63. The number of rotatable bonds is 2. The highest BCUT2D eigenvalue weighted by molar-refractivity contribution is 9.13. The molecule has 1 aliphatic carbocycles. The van der Waals surface area contributed by atoms with Crippen LogP contribution in [0.2, 0.25) is 0 Å². The Labute approximate surface area is 120 Å². The Morgan fingerprint density at radius 2 is 2.07 bits per heavy atom. The highest BCUT2D eigenvalue weighted by Gasteiger charge is 2.42. The SMILES string of the molecule is C[C@](Br)(CBr)[C@@H]1CC[C@](C)(Br)[C@@H](Br)C1. The topological polar surface area (TPSA) is 0 Å². The van der Waals surface area contributed by atoms with Gasteiger partial charge in [-0.2, -0.15) is 0 Å². The number of alkyl halides is 4. The van der Waals surface area contributed by atoms with E-state index in [1.165, 1.54) is 19.3 Å². The Morgan fingerprint density at radius 3 is 2.50 bits per heavy atom. The second kappa shape index (κ2) is 5.05. The summed E-state index contributed by atoms with van der Waals surface area (Å²) in [5, 5.41) is 1.02. The van der Waals surface area contributed by atoms with Crippen LogP contribution in [0.1, 0.15) is 33.1 Å². The summed E-state index contributed by atoms with van der Waals surface area (Å²) in [6, 6.07) is 0. The average Bonchev–Trinajstić information content (AvgIpc) is 2.09. The van der Waals surface area contributed by atoms with E-state index in [0.29, 0.717) is 4.83 Å². The smallest absolute Gasteiger partial charge is 0.0355 e. The van der Waals surface area contributed by atoms with Crippen LogP contribution >= 0.6 is 63.7 Å². The molecule has 0 N–H and O–H groups in total. The summed E-state index contributed by atoms with van der Waals surface area (Å²) < 4.78 is 0.515. The lowest BCUT2D eigenvalue weighted by Gasteiger charge is -2.42. The molecule has 0 aliphatic heterocycles. The van der Waals surface area contributed by atoms with Crippen molar-refractivity contribution in [2.75, 3.05) is 5.33 Å².